The largest absolute Gasteiger partial charge is 0.338 e. The van der Waals surface area contributed by atoms with Crippen LogP contribution in [0.5, 0.6) is 0 Å². The van der Waals surface area contributed by atoms with Crippen LogP contribution in [0.2, 0.25) is 0 Å². The second kappa shape index (κ2) is 23.0. The van der Waals surface area contributed by atoms with E-state index in [-0.39, 0.29) is 17.8 Å². The summed E-state index contributed by atoms with van der Waals surface area (Å²) >= 11 is 1.60. The molecule has 1 aliphatic rings. The quantitative estimate of drug-likeness (QED) is 0.157. The molecule has 0 fully saturated rings. The number of para-hydroxylation sites is 1. The molecule has 0 saturated carbocycles. The molecule has 1 aliphatic heterocycles. The number of nitrogens with zero attached hydrogens (tertiary/aromatic N) is 3. The number of carbonyl (C=O) groups is 1. The van der Waals surface area contributed by atoms with Crippen molar-refractivity contribution in [3.8, 4) is 0 Å². The van der Waals surface area contributed by atoms with Gasteiger partial charge in [0.1, 0.15) is 12.4 Å². The minimum absolute atomic E-state index is 0.152. The van der Waals surface area contributed by atoms with Crippen LogP contribution >= 0.6 is 21.0 Å². The van der Waals surface area contributed by atoms with Crippen molar-refractivity contribution in [2.45, 2.75) is 99.3 Å². The molecule has 0 spiro atoms. The molecule has 0 aliphatic carbocycles. The smallest absolute Gasteiger partial charge is 0.242 e. The fraction of sp³-hybridized carbons (Fsp3) is 0.513. The van der Waals surface area contributed by atoms with E-state index in [0.717, 1.165) is 49.5 Å². The Kier molecular flexibility index (Phi) is 20.8. The molecule has 4 nitrogen and oxygen atoms in total. The second-order valence-electron chi connectivity index (χ2n) is 12.4. The van der Waals surface area contributed by atoms with Crippen LogP contribution < -0.4 is 10.2 Å². The van der Waals surface area contributed by atoms with E-state index in [0.29, 0.717) is 23.2 Å². The average molecular weight is 670 g/mol. The standard InChI is InChI=1S/C28H39FN3OPS.C6H12.C5H10/c1-5-17-31(23(6-2)16-18-30(3)4)26(33)19-32-24-12-8-7-10-21(24)14-15-27(32)35-20-22-11-9-13-25(34)28(22)29;1-4-5-6(2)3;1-4-5(2)3/h7-13,15,23H,5-6,14,16-20,34H2,1-4H3;5H,4H2,1-3H3;4H,1-3H3. The first kappa shape index (κ1) is 41.6. The Morgan fingerprint density at radius 2 is 1.70 bits per heavy atom. The Bertz CT molecular complexity index is 1280. The highest BCUT2D eigenvalue weighted by Crippen LogP contribution is 2.36. The van der Waals surface area contributed by atoms with Crippen molar-refractivity contribution in [1.29, 1.82) is 0 Å². The van der Waals surface area contributed by atoms with Crippen LogP contribution in [-0.2, 0) is 17.0 Å². The Morgan fingerprint density at radius 3 is 2.24 bits per heavy atom. The Morgan fingerprint density at radius 1 is 1.02 bits per heavy atom. The molecule has 2 atom stereocenters. The van der Waals surface area contributed by atoms with Gasteiger partial charge in [0.25, 0.3) is 0 Å². The molecule has 2 aromatic rings. The molecular formula is C39H61FN3OPS. The third-order valence-corrected chi connectivity index (χ3v) is 9.20. The molecule has 46 heavy (non-hydrogen) atoms. The number of allylic oxidation sites excluding steroid dienone is 5. The molecule has 3 rings (SSSR count). The van der Waals surface area contributed by atoms with Gasteiger partial charge in [-0.3, -0.25) is 4.79 Å². The molecule has 0 radical (unpaired) electrons. The van der Waals surface area contributed by atoms with Crippen LogP contribution in [0.4, 0.5) is 10.1 Å². The highest BCUT2D eigenvalue weighted by Gasteiger charge is 2.28. The predicted octanol–water partition coefficient (Wildman–Crippen LogP) is 9.77. The maximum Gasteiger partial charge on any atom is 0.242 e. The topological polar surface area (TPSA) is 26.8 Å². The van der Waals surface area contributed by atoms with E-state index in [4.69, 9.17) is 0 Å². The minimum Gasteiger partial charge on any atom is -0.338 e. The van der Waals surface area contributed by atoms with Crippen molar-refractivity contribution < 1.29 is 9.18 Å². The van der Waals surface area contributed by atoms with Crippen LogP contribution in [0.25, 0.3) is 0 Å². The molecule has 0 saturated heterocycles. The summed E-state index contributed by atoms with van der Waals surface area (Å²) < 4.78 is 14.6. The van der Waals surface area contributed by atoms with Crippen molar-refractivity contribution in [2.24, 2.45) is 0 Å². The van der Waals surface area contributed by atoms with E-state index in [1.807, 2.05) is 31.2 Å². The number of rotatable bonds is 13. The fourth-order valence-electron chi connectivity index (χ4n) is 4.91. The monoisotopic (exact) mass is 669 g/mol. The Balaban J connectivity index is 0.000000825. The van der Waals surface area contributed by atoms with Gasteiger partial charge in [-0.1, -0.05) is 80.5 Å². The molecular weight excluding hydrogens is 608 g/mol. The van der Waals surface area contributed by atoms with Crippen molar-refractivity contribution in [3.63, 3.8) is 0 Å². The molecule has 0 aromatic heterocycles. The third kappa shape index (κ3) is 15.0. The summed E-state index contributed by atoms with van der Waals surface area (Å²) in [5.74, 6) is 0.496. The van der Waals surface area contributed by atoms with Crippen molar-refractivity contribution >= 4 is 37.9 Å². The van der Waals surface area contributed by atoms with Gasteiger partial charge in [-0.05, 0) is 111 Å². The fourth-order valence-corrected chi connectivity index (χ4v) is 6.25. The SMILES string of the molecule is CC=C(C)C.CCC=C(C)C.CCCN(C(=O)CN1C(SCc2cccc(P)c2F)=CCc2ccccc21)C(CC)CCN(C)C. The van der Waals surface area contributed by atoms with E-state index in [9.17, 15) is 9.18 Å². The first-order valence-corrected chi connectivity index (χ1v) is 18.3. The van der Waals surface area contributed by atoms with E-state index in [1.165, 1.54) is 23.1 Å². The highest BCUT2D eigenvalue weighted by atomic mass is 32.2. The molecule has 0 N–H and O–H groups in total. The summed E-state index contributed by atoms with van der Waals surface area (Å²) in [7, 11) is 6.61. The third-order valence-electron chi connectivity index (χ3n) is 7.62. The summed E-state index contributed by atoms with van der Waals surface area (Å²) in [5.41, 5.74) is 5.76. The van der Waals surface area contributed by atoms with Crippen LogP contribution in [0.1, 0.15) is 92.2 Å². The predicted molar refractivity (Wildman–Crippen MR) is 207 cm³/mol. The summed E-state index contributed by atoms with van der Waals surface area (Å²) in [6, 6.07) is 14.0. The van der Waals surface area contributed by atoms with E-state index in [1.54, 1.807) is 17.8 Å². The lowest BCUT2D eigenvalue weighted by Gasteiger charge is -2.36. The zero-order chi connectivity index (χ0) is 34.6. The first-order valence-electron chi connectivity index (χ1n) is 16.8. The van der Waals surface area contributed by atoms with Gasteiger partial charge in [-0.2, -0.15) is 0 Å². The number of hydrogen-bond acceptors (Lipinski definition) is 4. The van der Waals surface area contributed by atoms with Gasteiger partial charge in [0, 0.05) is 29.3 Å². The number of carbonyl (C=O) groups excluding carboxylic acids is 1. The summed E-state index contributed by atoms with van der Waals surface area (Å²) in [4.78, 5) is 20.1. The number of anilines is 1. The first-order chi connectivity index (χ1) is 21.9. The summed E-state index contributed by atoms with van der Waals surface area (Å²) in [6.45, 7) is 18.9. The maximum atomic E-state index is 14.6. The normalized spacial score (nSPS) is 12.5. The Labute approximate surface area is 287 Å². The van der Waals surface area contributed by atoms with Crippen molar-refractivity contribution in [1.82, 2.24) is 9.80 Å². The summed E-state index contributed by atoms with van der Waals surface area (Å²) in [5, 5.41) is 1.60. The van der Waals surface area contributed by atoms with Gasteiger partial charge < -0.3 is 14.7 Å². The van der Waals surface area contributed by atoms with Crippen molar-refractivity contribution in [2.75, 3.05) is 38.6 Å². The zero-order valence-corrected chi connectivity index (χ0v) is 32.3. The molecule has 256 valence electrons. The molecule has 2 unspecified atom stereocenters. The minimum atomic E-state index is -0.176. The van der Waals surface area contributed by atoms with Gasteiger partial charge in [0.2, 0.25) is 5.91 Å². The lowest BCUT2D eigenvalue weighted by atomic mass is 10.1. The van der Waals surface area contributed by atoms with E-state index >= 15 is 0 Å². The lowest BCUT2D eigenvalue weighted by molar-refractivity contribution is -0.132. The number of thioether (sulfide) groups is 1. The molecule has 2 aromatic carbocycles. The highest BCUT2D eigenvalue weighted by molar-refractivity contribution is 8.02. The zero-order valence-electron chi connectivity index (χ0n) is 30.3. The van der Waals surface area contributed by atoms with Crippen LogP contribution in [0.3, 0.4) is 0 Å². The Hall–Kier alpha value is -2.40. The summed E-state index contributed by atoms with van der Waals surface area (Å²) in [6.07, 6.45) is 11.3. The van der Waals surface area contributed by atoms with Crippen LogP contribution in [0.15, 0.2) is 76.9 Å². The van der Waals surface area contributed by atoms with E-state index in [2.05, 4.69) is 117 Å². The van der Waals surface area contributed by atoms with Crippen LogP contribution in [-0.4, -0.2) is 55.5 Å². The molecule has 1 heterocycles. The van der Waals surface area contributed by atoms with Gasteiger partial charge in [0.05, 0.1) is 5.03 Å². The molecule has 0 bridgehead atoms. The van der Waals surface area contributed by atoms with E-state index < -0.39 is 0 Å². The van der Waals surface area contributed by atoms with Crippen LogP contribution in [0, 0.1) is 5.82 Å². The van der Waals surface area contributed by atoms with Crippen molar-refractivity contribution in [3.05, 3.63) is 93.8 Å². The lowest BCUT2D eigenvalue weighted by Crippen LogP contribution is -2.47. The number of benzene rings is 2. The maximum absolute atomic E-state index is 14.6. The number of hydrogen-bond donors (Lipinski definition) is 0. The second-order valence-corrected chi connectivity index (χ2v) is 14.0. The molecule has 7 heteroatoms. The number of amides is 1. The molecule has 1 amide bonds. The van der Waals surface area contributed by atoms with Gasteiger partial charge in [-0.15, -0.1) is 21.0 Å². The van der Waals surface area contributed by atoms with Gasteiger partial charge in [-0.25, -0.2) is 4.39 Å². The number of fused-ring (bicyclic) bond motifs is 1. The number of halogens is 1. The van der Waals surface area contributed by atoms with Gasteiger partial charge in [0.15, 0.2) is 0 Å². The average Bonchev–Trinajstić information content (AvgIpc) is 3.02. The van der Waals surface area contributed by atoms with Gasteiger partial charge >= 0.3 is 0 Å².